The lowest BCUT2D eigenvalue weighted by molar-refractivity contribution is 0.0933. The van der Waals surface area contributed by atoms with E-state index >= 15 is 0 Å². The van der Waals surface area contributed by atoms with Crippen molar-refractivity contribution in [3.05, 3.63) is 42.6 Å². The topological polar surface area (TPSA) is 88.8 Å². The maximum Gasteiger partial charge on any atom is 0.254 e. The molecule has 0 spiro atoms. The van der Waals surface area contributed by atoms with Crippen LogP contribution < -0.4 is 10.2 Å². The van der Waals surface area contributed by atoms with Crippen molar-refractivity contribution in [2.24, 2.45) is 7.05 Å². The molecule has 8 heteroatoms. The number of amides is 1. The number of carbonyl (C=O) groups excluding carboxylic acids is 1. The molecule has 4 heterocycles. The fraction of sp³-hybridized carbons (Fsp3) is 0.353. The average Bonchev–Trinajstić information content (AvgIpc) is 3.08. The van der Waals surface area contributed by atoms with Crippen molar-refractivity contribution in [1.29, 1.82) is 0 Å². The van der Waals surface area contributed by atoms with Crippen molar-refractivity contribution in [2.75, 3.05) is 18.0 Å². The number of anilines is 1. The van der Waals surface area contributed by atoms with E-state index in [9.17, 15) is 4.79 Å². The summed E-state index contributed by atoms with van der Waals surface area (Å²) >= 11 is 0. The molecule has 1 atom stereocenters. The van der Waals surface area contributed by atoms with Crippen LogP contribution in [-0.2, 0) is 7.05 Å². The zero-order chi connectivity index (χ0) is 17.2. The first-order chi connectivity index (χ1) is 12.2. The number of pyridine rings is 1. The van der Waals surface area contributed by atoms with Crippen LogP contribution in [0.4, 0.5) is 5.82 Å². The SMILES string of the molecule is Cn1cc(C(=O)NC2CCCN(c3ncnc4ncccc34)C2)cn1. The zero-order valence-corrected chi connectivity index (χ0v) is 14.0. The molecule has 1 saturated heterocycles. The molecular formula is C17H19N7O. The van der Waals surface area contributed by atoms with Crippen molar-refractivity contribution >= 4 is 22.8 Å². The molecule has 1 aliphatic rings. The van der Waals surface area contributed by atoms with Crippen LogP contribution in [0.2, 0.25) is 0 Å². The van der Waals surface area contributed by atoms with E-state index in [1.54, 1.807) is 36.6 Å². The van der Waals surface area contributed by atoms with Crippen molar-refractivity contribution in [1.82, 2.24) is 30.0 Å². The van der Waals surface area contributed by atoms with E-state index in [4.69, 9.17) is 0 Å². The maximum atomic E-state index is 12.4. The average molecular weight is 337 g/mol. The van der Waals surface area contributed by atoms with Crippen molar-refractivity contribution < 1.29 is 4.79 Å². The van der Waals surface area contributed by atoms with Crippen molar-refractivity contribution in [2.45, 2.75) is 18.9 Å². The Balaban J connectivity index is 1.52. The summed E-state index contributed by atoms with van der Waals surface area (Å²) in [5.41, 5.74) is 1.27. The minimum atomic E-state index is -0.0887. The van der Waals surface area contributed by atoms with E-state index in [1.807, 2.05) is 12.1 Å². The highest BCUT2D eigenvalue weighted by molar-refractivity contribution is 5.94. The lowest BCUT2D eigenvalue weighted by atomic mass is 10.0. The Bertz CT molecular complexity index is 901. The van der Waals surface area contributed by atoms with E-state index < -0.39 is 0 Å². The Morgan fingerprint density at radius 3 is 3.08 bits per heavy atom. The molecule has 0 saturated carbocycles. The van der Waals surface area contributed by atoms with Crippen LogP contribution >= 0.6 is 0 Å². The number of aryl methyl sites for hydroxylation is 1. The molecule has 0 aliphatic carbocycles. The second kappa shape index (κ2) is 6.46. The Morgan fingerprint density at radius 2 is 2.24 bits per heavy atom. The quantitative estimate of drug-likeness (QED) is 0.771. The number of piperidine rings is 1. The van der Waals surface area contributed by atoms with Gasteiger partial charge in [-0.25, -0.2) is 15.0 Å². The first-order valence-corrected chi connectivity index (χ1v) is 8.31. The highest BCUT2D eigenvalue weighted by Crippen LogP contribution is 2.24. The third-order valence-corrected chi connectivity index (χ3v) is 4.41. The molecule has 1 amide bonds. The molecule has 8 nitrogen and oxygen atoms in total. The molecule has 3 aromatic heterocycles. The molecule has 0 aromatic carbocycles. The zero-order valence-electron chi connectivity index (χ0n) is 14.0. The van der Waals surface area contributed by atoms with Crippen molar-refractivity contribution in [3.8, 4) is 0 Å². The number of fused-ring (bicyclic) bond motifs is 1. The van der Waals surface area contributed by atoms with Crippen LogP contribution in [0, 0.1) is 0 Å². The summed E-state index contributed by atoms with van der Waals surface area (Å²) in [7, 11) is 1.80. The van der Waals surface area contributed by atoms with Gasteiger partial charge < -0.3 is 10.2 Å². The van der Waals surface area contributed by atoms with Gasteiger partial charge in [-0.2, -0.15) is 5.10 Å². The molecule has 25 heavy (non-hydrogen) atoms. The molecular weight excluding hydrogens is 318 g/mol. The molecule has 1 unspecified atom stereocenters. The van der Waals surface area contributed by atoms with Crippen LogP contribution in [0.1, 0.15) is 23.2 Å². The van der Waals surface area contributed by atoms with Gasteiger partial charge in [0.2, 0.25) is 0 Å². The predicted octanol–water partition coefficient (Wildman–Crippen LogP) is 1.16. The van der Waals surface area contributed by atoms with E-state index in [-0.39, 0.29) is 11.9 Å². The summed E-state index contributed by atoms with van der Waals surface area (Å²) in [4.78, 5) is 27.5. The van der Waals surface area contributed by atoms with Gasteiger partial charge in [-0.3, -0.25) is 9.48 Å². The first kappa shape index (κ1) is 15.5. The first-order valence-electron chi connectivity index (χ1n) is 8.31. The fourth-order valence-corrected chi connectivity index (χ4v) is 3.23. The predicted molar refractivity (Wildman–Crippen MR) is 93.2 cm³/mol. The normalized spacial score (nSPS) is 17.6. The standard InChI is InChI=1S/C17H19N7O/c1-23-9-12(8-21-23)17(25)22-13-4-3-7-24(10-13)16-14-5-2-6-18-15(14)19-11-20-16/h2,5-6,8-9,11,13H,3-4,7,10H2,1H3,(H,22,25). The lowest BCUT2D eigenvalue weighted by Gasteiger charge is -2.34. The smallest absolute Gasteiger partial charge is 0.254 e. The number of carbonyl (C=O) groups is 1. The van der Waals surface area contributed by atoms with Gasteiger partial charge in [-0.15, -0.1) is 0 Å². The van der Waals surface area contributed by atoms with Gasteiger partial charge in [0.25, 0.3) is 5.91 Å². The molecule has 0 radical (unpaired) electrons. The van der Waals surface area contributed by atoms with Crippen LogP contribution in [0.5, 0.6) is 0 Å². The number of nitrogens with one attached hydrogen (secondary N) is 1. The number of hydrogen-bond acceptors (Lipinski definition) is 6. The van der Waals surface area contributed by atoms with Gasteiger partial charge in [-0.05, 0) is 25.0 Å². The minimum Gasteiger partial charge on any atom is -0.354 e. The summed E-state index contributed by atoms with van der Waals surface area (Å²) in [6.45, 7) is 1.62. The van der Waals surface area contributed by atoms with Crippen LogP contribution in [-0.4, -0.2) is 49.8 Å². The van der Waals surface area contributed by atoms with E-state index in [2.05, 4.69) is 30.3 Å². The second-order valence-corrected chi connectivity index (χ2v) is 6.23. The van der Waals surface area contributed by atoms with Crippen LogP contribution in [0.3, 0.4) is 0 Å². The summed E-state index contributed by atoms with van der Waals surface area (Å²) in [6.07, 6.45) is 8.52. The lowest BCUT2D eigenvalue weighted by Crippen LogP contribution is -2.48. The molecule has 4 rings (SSSR count). The fourth-order valence-electron chi connectivity index (χ4n) is 3.23. The summed E-state index contributed by atoms with van der Waals surface area (Å²) in [5.74, 6) is 0.785. The Morgan fingerprint density at radius 1 is 1.32 bits per heavy atom. The molecule has 1 aliphatic heterocycles. The Hall–Kier alpha value is -3.03. The largest absolute Gasteiger partial charge is 0.354 e. The van der Waals surface area contributed by atoms with Crippen molar-refractivity contribution in [3.63, 3.8) is 0 Å². The van der Waals surface area contributed by atoms with Gasteiger partial charge in [0.15, 0.2) is 5.65 Å². The van der Waals surface area contributed by atoms with Crippen LogP contribution in [0.15, 0.2) is 37.1 Å². The molecule has 128 valence electrons. The Kier molecular flexibility index (Phi) is 4.01. The third-order valence-electron chi connectivity index (χ3n) is 4.41. The van der Waals surface area contributed by atoms with E-state index in [0.717, 1.165) is 30.6 Å². The third kappa shape index (κ3) is 3.15. The van der Waals surface area contributed by atoms with Gasteiger partial charge in [0.05, 0.1) is 17.1 Å². The van der Waals surface area contributed by atoms with Gasteiger partial charge >= 0.3 is 0 Å². The summed E-state index contributed by atoms with van der Waals surface area (Å²) < 4.78 is 1.63. The molecule has 3 aromatic rings. The highest BCUT2D eigenvalue weighted by atomic mass is 16.1. The minimum absolute atomic E-state index is 0.0724. The number of hydrogen-bond donors (Lipinski definition) is 1. The van der Waals surface area contributed by atoms with E-state index in [0.29, 0.717) is 17.8 Å². The monoisotopic (exact) mass is 337 g/mol. The molecule has 1 N–H and O–H groups in total. The number of nitrogens with zero attached hydrogens (tertiary/aromatic N) is 6. The van der Waals surface area contributed by atoms with Gasteiger partial charge in [0, 0.05) is 38.6 Å². The maximum absolute atomic E-state index is 12.4. The second-order valence-electron chi connectivity index (χ2n) is 6.23. The van der Waals surface area contributed by atoms with Crippen LogP contribution in [0.25, 0.3) is 11.0 Å². The summed E-state index contributed by atoms with van der Waals surface area (Å²) in [5, 5.41) is 8.09. The molecule has 0 bridgehead atoms. The number of rotatable bonds is 3. The molecule has 1 fully saturated rings. The summed E-state index contributed by atoms with van der Waals surface area (Å²) in [6, 6.07) is 3.94. The van der Waals surface area contributed by atoms with E-state index in [1.165, 1.54) is 0 Å². The number of aromatic nitrogens is 5. The Labute approximate surface area is 144 Å². The van der Waals surface area contributed by atoms with Gasteiger partial charge in [-0.1, -0.05) is 0 Å². The highest BCUT2D eigenvalue weighted by Gasteiger charge is 2.24. The van der Waals surface area contributed by atoms with Gasteiger partial charge in [0.1, 0.15) is 12.1 Å².